The highest BCUT2D eigenvalue weighted by Gasteiger charge is 2.22. The highest BCUT2D eigenvalue weighted by atomic mass is 16.5. The lowest BCUT2D eigenvalue weighted by Gasteiger charge is -2.34. The summed E-state index contributed by atoms with van der Waals surface area (Å²) in [6, 6.07) is 6.41. The molecule has 1 N–H and O–H groups in total. The van der Waals surface area contributed by atoms with Crippen molar-refractivity contribution in [1.82, 2.24) is 14.5 Å². The molecule has 0 spiro atoms. The predicted molar refractivity (Wildman–Crippen MR) is 88.5 cm³/mol. The first kappa shape index (κ1) is 15.2. The molecule has 5 heteroatoms. The number of ether oxygens (including phenoxy) is 1. The molecule has 0 atom stereocenters. The van der Waals surface area contributed by atoms with Gasteiger partial charge in [-0.15, -0.1) is 0 Å². The van der Waals surface area contributed by atoms with Crippen molar-refractivity contribution in [2.24, 2.45) is 5.92 Å². The van der Waals surface area contributed by atoms with Crippen molar-refractivity contribution in [3.8, 4) is 5.75 Å². The number of likely N-dealkylation sites (tertiary alicyclic amines) is 1. The maximum absolute atomic E-state index is 12.3. The average Bonchev–Trinajstić information content (AvgIpc) is 2.84. The second-order valence-electron chi connectivity index (χ2n) is 6.47. The fourth-order valence-corrected chi connectivity index (χ4v) is 3.42. The van der Waals surface area contributed by atoms with E-state index in [4.69, 9.17) is 4.74 Å². The second-order valence-corrected chi connectivity index (χ2v) is 6.47. The lowest BCUT2D eigenvalue weighted by Crippen LogP contribution is -2.39. The zero-order valence-corrected chi connectivity index (χ0v) is 13.6. The molecule has 1 aromatic carbocycles. The van der Waals surface area contributed by atoms with E-state index in [-0.39, 0.29) is 5.69 Å². The molecule has 1 aliphatic heterocycles. The summed E-state index contributed by atoms with van der Waals surface area (Å²) in [6.45, 7) is 7.54. The van der Waals surface area contributed by atoms with Crippen molar-refractivity contribution in [2.75, 3.05) is 20.2 Å². The number of fused-ring (bicyclic) bond motifs is 1. The molecule has 0 saturated carbocycles. The van der Waals surface area contributed by atoms with Gasteiger partial charge < -0.3 is 14.6 Å². The number of nitrogens with zero attached hydrogens (tertiary/aromatic N) is 2. The van der Waals surface area contributed by atoms with Crippen LogP contribution in [0.15, 0.2) is 23.0 Å². The molecule has 3 rings (SSSR count). The molecule has 1 aromatic heterocycles. The van der Waals surface area contributed by atoms with Crippen LogP contribution in [0.4, 0.5) is 0 Å². The molecule has 0 bridgehead atoms. The van der Waals surface area contributed by atoms with Crippen LogP contribution in [0.3, 0.4) is 0 Å². The lowest BCUT2D eigenvalue weighted by atomic mass is 9.96. The molecule has 2 aromatic rings. The number of imidazole rings is 1. The third kappa shape index (κ3) is 2.77. The first-order chi connectivity index (χ1) is 10.6. The summed E-state index contributed by atoms with van der Waals surface area (Å²) < 4.78 is 7.20. The maximum atomic E-state index is 12.3. The van der Waals surface area contributed by atoms with Crippen LogP contribution in [0.1, 0.15) is 26.7 Å². The minimum absolute atomic E-state index is 0.0363. The van der Waals surface area contributed by atoms with Crippen LogP contribution in [-0.2, 0) is 6.54 Å². The van der Waals surface area contributed by atoms with Crippen molar-refractivity contribution in [3.63, 3.8) is 0 Å². The first-order valence-corrected chi connectivity index (χ1v) is 8.09. The van der Waals surface area contributed by atoms with Crippen LogP contribution in [0.5, 0.6) is 5.75 Å². The summed E-state index contributed by atoms with van der Waals surface area (Å²) in [6.07, 6.45) is 2.31. The van der Waals surface area contributed by atoms with E-state index in [2.05, 4.69) is 23.7 Å². The first-order valence-electron chi connectivity index (χ1n) is 8.09. The zero-order chi connectivity index (χ0) is 15.7. The van der Waals surface area contributed by atoms with Gasteiger partial charge in [0.05, 0.1) is 12.6 Å². The summed E-state index contributed by atoms with van der Waals surface area (Å²) in [4.78, 5) is 17.7. The van der Waals surface area contributed by atoms with Gasteiger partial charge in [-0.1, -0.05) is 6.07 Å². The predicted octanol–water partition coefficient (Wildman–Crippen LogP) is 2.46. The maximum Gasteiger partial charge on any atom is 0.326 e. The zero-order valence-electron chi connectivity index (χ0n) is 13.6. The Bertz CT molecular complexity index is 693. The fraction of sp³-hybridized carbons (Fsp3) is 0.588. The molecule has 1 aliphatic rings. The second kappa shape index (κ2) is 6.16. The topological polar surface area (TPSA) is 50.3 Å². The van der Waals surface area contributed by atoms with Gasteiger partial charge in [0.2, 0.25) is 0 Å². The van der Waals surface area contributed by atoms with E-state index >= 15 is 0 Å². The van der Waals surface area contributed by atoms with E-state index in [9.17, 15) is 4.79 Å². The molecular formula is C17H25N3O2. The van der Waals surface area contributed by atoms with Crippen LogP contribution in [0.2, 0.25) is 0 Å². The van der Waals surface area contributed by atoms with Gasteiger partial charge >= 0.3 is 5.69 Å². The molecule has 1 saturated heterocycles. The molecule has 22 heavy (non-hydrogen) atoms. The minimum Gasteiger partial charge on any atom is -0.494 e. The van der Waals surface area contributed by atoms with E-state index < -0.39 is 0 Å². The Balaban J connectivity index is 1.80. The molecule has 5 nitrogen and oxygen atoms in total. The van der Waals surface area contributed by atoms with Gasteiger partial charge in [-0.05, 0) is 57.8 Å². The molecule has 0 radical (unpaired) electrons. The largest absolute Gasteiger partial charge is 0.494 e. The summed E-state index contributed by atoms with van der Waals surface area (Å²) in [5.41, 5.74) is 1.70. The average molecular weight is 303 g/mol. The smallest absolute Gasteiger partial charge is 0.326 e. The Morgan fingerprint density at radius 2 is 2.05 bits per heavy atom. The van der Waals surface area contributed by atoms with E-state index in [1.165, 1.54) is 0 Å². The number of para-hydroxylation sites is 1. The van der Waals surface area contributed by atoms with Gasteiger partial charge in [-0.2, -0.15) is 0 Å². The summed E-state index contributed by atoms with van der Waals surface area (Å²) in [5.74, 6) is 1.29. The minimum atomic E-state index is -0.0363. The van der Waals surface area contributed by atoms with Crippen molar-refractivity contribution < 1.29 is 4.74 Å². The quantitative estimate of drug-likeness (QED) is 0.944. The number of aromatic nitrogens is 2. The van der Waals surface area contributed by atoms with Gasteiger partial charge in [0.25, 0.3) is 0 Å². The third-order valence-corrected chi connectivity index (χ3v) is 4.81. The third-order valence-electron chi connectivity index (χ3n) is 4.81. The Kier molecular flexibility index (Phi) is 4.25. The Morgan fingerprint density at radius 1 is 1.32 bits per heavy atom. The molecular weight excluding hydrogens is 278 g/mol. The number of nitrogens with one attached hydrogen (secondary N) is 1. The van der Waals surface area contributed by atoms with Crippen LogP contribution in [0.25, 0.3) is 11.0 Å². The van der Waals surface area contributed by atoms with Crippen molar-refractivity contribution >= 4 is 11.0 Å². The number of hydrogen-bond acceptors (Lipinski definition) is 3. The molecule has 120 valence electrons. The highest BCUT2D eigenvalue weighted by molar-refractivity contribution is 5.81. The molecule has 0 aliphatic carbocycles. The number of H-pyrrole nitrogens is 1. The van der Waals surface area contributed by atoms with Gasteiger partial charge in [0.15, 0.2) is 0 Å². The summed E-state index contributed by atoms with van der Waals surface area (Å²) in [5, 5.41) is 0. The molecule has 2 heterocycles. The number of benzene rings is 1. The van der Waals surface area contributed by atoms with E-state index in [1.807, 2.05) is 22.8 Å². The van der Waals surface area contributed by atoms with E-state index in [1.54, 1.807) is 7.11 Å². The van der Waals surface area contributed by atoms with Crippen molar-refractivity contribution in [2.45, 2.75) is 39.3 Å². The number of hydrogen-bond donors (Lipinski definition) is 1. The summed E-state index contributed by atoms with van der Waals surface area (Å²) >= 11 is 0. The fourth-order valence-electron chi connectivity index (χ4n) is 3.42. The monoisotopic (exact) mass is 303 g/mol. The number of aromatic amines is 1. The van der Waals surface area contributed by atoms with Gasteiger partial charge in [0.1, 0.15) is 11.3 Å². The van der Waals surface area contributed by atoms with Gasteiger partial charge in [-0.25, -0.2) is 4.79 Å². The molecule has 0 unspecified atom stereocenters. The summed E-state index contributed by atoms with van der Waals surface area (Å²) in [7, 11) is 1.63. The van der Waals surface area contributed by atoms with Crippen LogP contribution >= 0.6 is 0 Å². The number of methoxy groups -OCH3 is 1. The Labute approximate surface area is 130 Å². The molecule has 1 fully saturated rings. The van der Waals surface area contributed by atoms with Crippen molar-refractivity contribution in [1.29, 1.82) is 0 Å². The van der Waals surface area contributed by atoms with Crippen LogP contribution in [-0.4, -0.2) is 40.7 Å². The van der Waals surface area contributed by atoms with Gasteiger partial charge in [0, 0.05) is 12.6 Å². The Hall–Kier alpha value is -1.75. The number of rotatable bonds is 4. The van der Waals surface area contributed by atoms with Crippen molar-refractivity contribution in [3.05, 3.63) is 28.7 Å². The van der Waals surface area contributed by atoms with Crippen LogP contribution in [0, 0.1) is 5.92 Å². The molecule has 0 amide bonds. The highest BCUT2D eigenvalue weighted by Crippen LogP contribution is 2.25. The van der Waals surface area contributed by atoms with Crippen LogP contribution < -0.4 is 10.4 Å². The normalized spacial score (nSPS) is 17.5. The van der Waals surface area contributed by atoms with E-state index in [0.29, 0.717) is 12.0 Å². The van der Waals surface area contributed by atoms with Gasteiger partial charge in [-0.3, -0.25) is 4.57 Å². The SMILES string of the molecule is COc1cccc2c1[nH]c(=O)n2CC1CCN(C(C)C)CC1. The lowest BCUT2D eigenvalue weighted by molar-refractivity contribution is 0.142. The van der Waals surface area contributed by atoms with E-state index in [0.717, 1.165) is 49.3 Å². The Morgan fingerprint density at radius 3 is 2.68 bits per heavy atom. The number of piperidine rings is 1. The standard InChI is InChI=1S/C17H25N3O2/c1-12(2)19-9-7-13(8-10-19)11-20-14-5-4-6-15(22-3)16(14)18-17(20)21/h4-6,12-13H,7-11H2,1-3H3,(H,18,21).